The molecule has 11 heterocycles. The number of carbonyl (C=O) groups excluding carboxylic acids is 9. The van der Waals surface area contributed by atoms with Crippen LogP contribution in [0.1, 0.15) is 151 Å². The monoisotopic (exact) mass is 1890 g/mol. The second-order valence-corrected chi connectivity index (χ2v) is 41.4. The Morgan fingerprint density at radius 3 is 1.65 bits per heavy atom. The number of nitrogens with one attached hydrogen (secondary N) is 4. The Hall–Kier alpha value is -11.8. The smallest absolute Gasteiger partial charge is 0.328 e. The maximum atomic E-state index is 14.4. The average molecular weight is 1890 g/mol. The number of β-lactam (4-membered cyclic amide) rings is 3. The zero-order valence-corrected chi connectivity index (χ0v) is 77.9. The van der Waals surface area contributed by atoms with E-state index in [0.717, 1.165) is 18.0 Å². The summed E-state index contributed by atoms with van der Waals surface area (Å²) in [5.74, 6) is -9.14. The van der Waals surface area contributed by atoms with Crippen molar-refractivity contribution in [1.82, 2.24) is 45.7 Å². The van der Waals surface area contributed by atoms with Gasteiger partial charge in [-0.25, -0.2) is 28.6 Å². The number of amides is 7. The van der Waals surface area contributed by atoms with Gasteiger partial charge in [-0.05, 0) is 91.8 Å². The summed E-state index contributed by atoms with van der Waals surface area (Å²) in [7, 11) is -0.148. The van der Waals surface area contributed by atoms with Gasteiger partial charge in [-0.3, -0.25) is 58.6 Å². The number of aromatic hydroxyl groups is 3. The summed E-state index contributed by atoms with van der Waals surface area (Å²) in [5, 5.41) is 98.2. The van der Waals surface area contributed by atoms with E-state index in [1.54, 1.807) is 133 Å². The maximum Gasteiger partial charge on any atom is 0.328 e. The number of thioether (sulfide) groups is 2. The van der Waals surface area contributed by atoms with Crippen molar-refractivity contribution in [3.63, 3.8) is 0 Å². The Labute approximate surface area is 770 Å². The van der Waals surface area contributed by atoms with Gasteiger partial charge in [0, 0.05) is 115 Å². The van der Waals surface area contributed by atoms with Crippen LogP contribution in [0.2, 0.25) is 0 Å². The number of esters is 1. The summed E-state index contributed by atoms with van der Waals surface area (Å²) in [4.78, 5) is 155. The van der Waals surface area contributed by atoms with E-state index in [0.29, 0.717) is 29.8 Å². The summed E-state index contributed by atoms with van der Waals surface area (Å²) >= 11 is 2.77. The number of Topliss-reactive ketones (excluding diaryl/α,β-unsaturated/α-hetero) is 1. The van der Waals surface area contributed by atoms with E-state index in [1.807, 2.05) is 24.6 Å². The highest BCUT2D eigenvalue weighted by Crippen LogP contribution is 2.57. The number of methoxy groups -OCH3 is 1. The van der Waals surface area contributed by atoms with Gasteiger partial charge < -0.3 is 107 Å². The van der Waals surface area contributed by atoms with E-state index >= 15 is 0 Å². The molecule has 7 amide bonds. The molecule has 19 atom stereocenters. The molecule has 7 saturated heterocycles. The van der Waals surface area contributed by atoms with E-state index < -0.39 is 196 Å². The number of benzene rings is 4. The molecule has 0 unspecified atom stereocenters. The Morgan fingerprint density at radius 2 is 1.19 bits per heavy atom. The number of allylic oxidation sites excluding steroid dienone is 2. The van der Waals surface area contributed by atoms with Crippen LogP contribution in [-0.2, 0) is 72.0 Å². The number of pyridine rings is 1. The quantitative estimate of drug-likeness (QED) is 0.0110. The molecule has 10 aliphatic heterocycles. The molecule has 4 aromatic carbocycles. The molecule has 40 nitrogen and oxygen atoms in total. The Balaban J connectivity index is 0.000000200. The molecule has 5 aromatic rings. The molecule has 10 aliphatic rings. The summed E-state index contributed by atoms with van der Waals surface area (Å²) in [5.41, 5.74) is 15.4. The summed E-state index contributed by atoms with van der Waals surface area (Å²) < 4.78 is 44.7. The van der Waals surface area contributed by atoms with Crippen molar-refractivity contribution in [2.45, 2.75) is 206 Å². The lowest BCUT2D eigenvalue weighted by molar-refractivity contribution is -0.161. The number of likely N-dealkylation sites (N-methyl/N-ethyl adjacent to an activating group) is 1. The minimum atomic E-state index is -3.57. The van der Waals surface area contributed by atoms with E-state index in [9.17, 15) is 102 Å². The number of ether oxygens (including phenoxy) is 4. The van der Waals surface area contributed by atoms with Gasteiger partial charge in [-0.15, -0.1) is 23.5 Å². The van der Waals surface area contributed by atoms with Crippen molar-refractivity contribution in [2.75, 3.05) is 45.7 Å². The van der Waals surface area contributed by atoms with E-state index in [1.165, 1.54) is 119 Å². The van der Waals surface area contributed by atoms with E-state index in [2.05, 4.69) is 30.9 Å². The minimum Gasteiger partial charge on any atom is -0.507 e. The molecule has 18 N–H and O–H groups in total. The van der Waals surface area contributed by atoms with Crippen LogP contribution in [-0.4, -0.2) is 287 Å². The number of aliphatic carboxylic acids is 3. The largest absolute Gasteiger partial charge is 0.507 e. The fourth-order valence-electron chi connectivity index (χ4n) is 17.1. The predicted octanol–water partition coefficient (Wildman–Crippen LogP) is 3.86. The molecule has 43 heteroatoms. The number of hydrogen-bond acceptors (Lipinski definition) is 32. The number of carboxylic acid groups (broad SMARTS) is 3. The lowest BCUT2D eigenvalue weighted by Gasteiger charge is -2.43. The molecule has 0 saturated carbocycles. The van der Waals surface area contributed by atoms with Crippen molar-refractivity contribution in [3.8, 4) is 23.0 Å². The minimum absolute atomic E-state index is 0.0559. The topological polar surface area (TPSA) is 605 Å². The van der Waals surface area contributed by atoms with Crippen molar-refractivity contribution in [1.29, 1.82) is 0 Å². The van der Waals surface area contributed by atoms with Crippen LogP contribution in [0.4, 0.5) is 5.69 Å². The number of rotatable bonds is 14. The van der Waals surface area contributed by atoms with E-state index in [-0.39, 0.29) is 79.4 Å². The van der Waals surface area contributed by atoms with Gasteiger partial charge in [0.15, 0.2) is 15.6 Å². The number of anilines is 1. The average Bonchev–Trinajstić information content (AvgIpc) is 1.65. The lowest BCUT2D eigenvalue weighted by Crippen LogP contribution is -2.71. The molecule has 0 radical (unpaired) electrons. The normalized spacial score (nSPS) is 29.5. The highest BCUT2D eigenvalue weighted by atomic mass is 32.2. The number of phenolic OH excluding ortho intramolecular Hbond substituents is 3. The number of ketones is 1. The van der Waals surface area contributed by atoms with Crippen LogP contribution in [0, 0.1) is 30.6 Å². The number of aromatic nitrogens is 1. The molecular formula is C89H114N14O26S3. The molecule has 714 valence electrons. The second kappa shape index (κ2) is 40.7. The fraction of sp³-hybridized carbons (Fsp3) is 0.483. The van der Waals surface area contributed by atoms with Gasteiger partial charge in [0.05, 0.1) is 64.2 Å². The van der Waals surface area contributed by atoms with Crippen molar-refractivity contribution >= 4 is 127 Å². The zero-order valence-electron chi connectivity index (χ0n) is 75.5. The molecular weight excluding hydrogens is 1780 g/mol. The Morgan fingerprint density at radius 1 is 0.682 bits per heavy atom. The SMILES string of the molecule is CC1(C)S[C@@H]2[C@H](NC(=O)[C@H](N)c3ccccc3)C(=O)N2[C@H]1C(=O)O.CC1(C)S[C@@H]2[C@H](NC(=O)[C@H](N)c3ccccc3)C(=O)N2[C@H]1C(=O)O.CC1(C)[C@H](C(=O)O)N2C(=O)C[C@H]2S1(=O)=O.CO[C@H]1/C=C/O[C@@]2(C)Oc3c(C)c(O)c4c(O)c(c(/C=N/N5CCN(C)CC5)c(O)c4c3C2=O)NC(=O)/C(C)=C\C=C\[C@@H](C)[C@@H](O)[C@@H](C)[C@H](O)[C@H](C)[C@H](OC(C)=O)[C@@H]1C.NNC(=O)c1ccncc1. The first kappa shape index (κ1) is 102. The van der Waals surface area contributed by atoms with Crippen LogP contribution < -0.4 is 43.4 Å². The first-order chi connectivity index (χ1) is 61.8. The number of hydrazine groups is 1. The lowest BCUT2D eigenvalue weighted by atomic mass is 9.78. The van der Waals surface area contributed by atoms with Gasteiger partial charge in [0.25, 0.3) is 17.6 Å². The van der Waals surface area contributed by atoms with E-state index in [4.69, 9.17) is 41.4 Å². The highest BCUT2D eigenvalue weighted by molar-refractivity contribution is 8.02. The van der Waals surface area contributed by atoms with Gasteiger partial charge >= 0.3 is 29.7 Å². The van der Waals surface area contributed by atoms with Crippen LogP contribution in [0.3, 0.4) is 0 Å². The van der Waals surface area contributed by atoms with Crippen molar-refractivity contribution in [3.05, 3.63) is 155 Å². The standard InChI is InChI=1S/C43H58N4O12.2C16H19N3O4S.C8H11NO5S.C6H7N3O/c1-21-12-11-13-22(2)42(55)45-33-28(20-44-47-17-15-46(9)16-18-47)37(52)30-31(38(33)53)36(51)26(6)40-32(30)41(54)43(8,59-40)57-19-14-29(56-10)23(3)39(58-27(7)48)25(5)35(50)24(4)34(21)49;2*1-16(2)11(15(22)23)19-13(21)10(14(19)24-16)18-12(20)9(17)8-6-4-3-5-7-8;1-8(2)6(7(11)12)9-4(10)3-5(9)15(8,13)14;7-9-6(10)5-1-3-8-4-2-5/h11-14,19-21,23-25,29,34-35,39,49-53H,15-18H2,1-10H3,(H,45,55);2*3-7,9-11,14H,17H2,1-2H3,(H,18,20)(H,22,23);5-6H,3H2,1-2H3,(H,11,12);1-4H,7H2,(H,9,10)/b12-11+,19-14+,22-13-,44-20+;;;;/t21-,23-,24-,25+,29+,34-,35+,39-,43+;2*9-,10-,11+,14-;5-,6+;/m1111./s1. The molecule has 7 fully saturated rings. The van der Waals surface area contributed by atoms with Crippen LogP contribution in [0.5, 0.6) is 23.0 Å². The third-order valence-corrected chi connectivity index (χ3v) is 30.9. The number of phenols is 3. The van der Waals surface area contributed by atoms with Crippen molar-refractivity contribution in [2.24, 2.45) is 46.1 Å². The summed E-state index contributed by atoms with van der Waals surface area (Å²) in [6.07, 6.45) is 7.84. The highest BCUT2D eigenvalue weighted by Gasteiger charge is 2.69. The number of nitrogen functional groups attached to an aromatic ring is 1. The van der Waals surface area contributed by atoms with Crippen molar-refractivity contribution < 1.29 is 126 Å². The molecule has 1 aromatic heterocycles. The second-order valence-electron chi connectivity index (χ2n) is 35.1. The first-order valence-corrected chi connectivity index (χ1v) is 45.5. The number of hydrogen-bond donors (Lipinski definition) is 15. The number of piperazine rings is 1. The number of carboxylic acids is 3. The number of fused-ring (bicyclic) bond motifs is 17. The van der Waals surface area contributed by atoms with Gasteiger partial charge in [-0.1, -0.05) is 107 Å². The van der Waals surface area contributed by atoms with Crippen LogP contribution in [0.15, 0.2) is 126 Å². The number of nitrogens with zero attached hydrogens (tertiary/aromatic N) is 7. The first-order valence-electron chi connectivity index (χ1n) is 42.2. The predicted molar refractivity (Wildman–Crippen MR) is 484 cm³/mol. The summed E-state index contributed by atoms with van der Waals surface area (Å²) in [6, 6.07) is 14.7. The number of carbonyl (C=O) groups is 12. The Bertz CT molecular complexity index is 5410. The Kier molecular flexibility index (Phi) is 31.6. The number of hydrazone groups is 1. The van der Waals surface area contributed by atoms with Gasteiger partial charge in [0.1, 0.15) is 81.8 Å². The van der Waals surface area contributed by atoms with Gasteiger partial charge in [-0.2, -0.15) is 5.10 Å². The maximum absolute atomic E-state index is 14.4. The molecule has 5 bridgehead atoms. The molecule has 132 heavy (non-hydrogen) atoms. The third-order valence-electron chi connectivity index (χ3n) is 25.0. The molecule has 0 aliphatic carbocycles. The van der Waals surface area contributed by atoms with Gasteiger partial charge in [0.2, 0.25) is 29.5 Å². The third kappa shape index (κ3) is 20.4. The number of aliphatic hydroxyl groups is 2. The van der Waals surface area contributed by atoms with Crippen LogP contribution in [0.25, 0.3) is 10.8 Å². The number of nitrogens with two attached hydrogens (primary N) is 3. The molecule has 0 spiro atoms. The fourth-order valence-corrected chi connectivity index (χ4v) is 22.5. The molecule has 15 rings (SSSR count). The van der Waals surface area contributed by atoms with Crippen LogP contribution >= 0.6 is 23.5 Å². The number of sulfone groups is 1. The zero-order chi connectivity index (χ0) is 98.0. The number of aliphatic hydroxyl groups excluding tert-OH is 2. The summed E-state index contributed by atoms with van der Waals surface area (Å²) in [6.45, 7) is 25.0.